The van der Waals surface area contributed by atoms with Crippen LogP contribution in [0.1, 0.15) is 29.7 Å². The summed E-state index contributed by atoms with van der Waals surface area (Å²) in [6.07, 6.45) is 3.20. The Morgan fingerprint density at radius 1 is 1.00 bits per heavy atom. The zero-order valence-corrected chi connectivity index (χ0v) is 21.4. The molecular formula is C29H29N3O4S. The number of aromatic nitrogens is 2. The van der Waals surface area contributed by atoms with Crippen molar-refractivity contribution < 1.29 is 17.9 Å². The predicted molar refractivity (Wildman–Crippen MR) is 141 cm³/mol. The monoisotopic (exact) mass is 515 g/mol. The quantitative estimate of drug-likeness (QED) is 0.327. The van der Waals surface area contributed by atoms with Crippen LogP contribution in [0.4, 0.5) is 0 Å². The third-order valence-electron chi connectivity index (χ3n) is 6.89. The van der Waals surface area contributed by atoms with Gasteiger partial charge in [-0.25, -0.2) is 23.1 Å². The predicted octanol–water partition coefficient (Wildman–Crippen LogP) is 4.60. The second-order valence-electron chi connectivity index (χ2n) is 9.62. The minimum absolute atomic E-state index is 0.0178. The summed E-state index contributed by atoms with van der Waals surface area (Å²) < 4.78 is 34.9. The molecule has 0 radical (unpaired) electrons. The van der Waals surface area contributed by atoms with Gasteiger partial charge in [0, 0.05) is 29.7 Å². The topological polar surface area (TPSA) is 98.3 Å². The van der Waals surface area contributed by atoms with Crippen LogP contribution in [0.3, 0.4) is 0 Å². The van der Waals surface area contributed by atoms with E-state index < -0.39 is 16.1 Å². The van der Waals surface area contributed by atoms with Crippen molar-refractivity contribution in [3.8, 4) is 0 Å². The van der Waals surface area contributed by atoms with Crippen LogP contribution in [0.5, 0.6) is 0 Å². The summed E-state index contributed by atoms with van der Waals surface area (Å²) in [5.41, 5.74) is 3.29. The van der Waals surface area contributed by atoms with Crippen molar-refractivity contribution >= 4 is 27.0 Å². The molecule has 2 aromatic carbocycles. The highest BCUT2D eigenvalue weighted by molar-refractivity contribution is 7.89. The van der Waals surface area contributed by atoms with E-state index in [2.05, 4.69) is 14.7 Å². The van der Waals surface area contributed by atoms with Gasteiger partial charge in [0.05, 0.1) is 10.8 Å². The maximum atomic E-state index is 13.2. The largest absolute Gasteiger partial charge is 0.461 e. The number of carbonyl (C=O) groups excluding carboxylic acids is 1. The summed E-state index contributed by atoms with van der Waals surface area (Å²) in [7, 11) is -3.75. The first kappa shape index (κ1) is 25.0. The van der Waals surface area contributed by atoms with E-state index in [0.717, 1.165) is 22.2 Å². The molecule has 0 bridgehead atoms. The van der Waals surface area contributed by atoms with Crippen molar-refractivity contribution in [1.82, 2.24) is 14.7 Å². The maximum Gasteiger partial charge on any atom is 0.309 e. The molecule has 0 aliphatic heterocycles. The summed E-state index contributed by atoms with van der Waals surface area (Å²) in [5.74, 6) is -0.504. The van der Waals surface area contributed by atoms with Gasteiger partial charge >= 0.3 is 5.97 Å². The molecule has 5 rings (SSSR count). The van der Waals surface area contributed by atoms with Gasteiger partial charge < -0.3 is 4.74 Å². The summed E-state index contributed by atoms with van der Waals surface area (Å²) in [4.78, 5) is 21.8. The minimum Gasteiger partial charge on any atom is -0.461 e. The molecule has 1 fully saturated rings. The molecular weight excluding hydrogens is 486 g/mol. The molecule has 2 heterocycles. The van der Waals surface area contributed by atoms with Gasteiger partial charge in [0.15, 0.2) is 5.65 Å². The maximum absolute atomic E-state index is 13.2. The highest BCUT2D eigenvalue weighted by Crippen LogP contribution is 2.38. The molecule has 0 saturated heterocycles. The summed E-state index contributed by atoms with van der Waals surface area (Å²) in [6.45, 7) is 2.15. The molecule has 37 heavy (non-hydrogen) atoms. The molecule has 1 N–H and O–H groups in total. The zero-order chi connectivity index (χ0) is 25.8. The van der Waals surface area contributed by atoms with Gasteiger partial charge in [-0.3, -0.25) is 4.79 Å². The van der Waals surface area contributed by atoms with Crippen molar-refractivity contribution in [2.75, 3.05) is 0 Å². The third kappa shape index (κ3) is 6.03. The second kappa shape index (κ2) is 10.8. The zero-order valence-electron chi connectivity index (χ0n) is 20.6. The number of nitrogens with one attached hydrogen (secondary N) is 1. The van der Waals surface area contributed by atoms with E-state index in [1.807, 2.05) is 61.5 Å². The van der Waals surface area contributed by atoms with Crippen LogP contribution in [-0.2, 0) is 32.6 Å². The van der Waals surface area contributed by atoms with Crippen molar-refractivity contribution in [3.05, 3.63) is 102 Å². The molecule has 2 aromatic heterocycles. The van der Waals surface area contributed by atoms with Crippen molar-refractivity contribution in [2.45, 2.75) is 43.7 Å². The van der Waals surface area contributed by atoms with Crippen LogP contribution in [0.2, 0.25) is 0 Å². The Morgan fingerprint density at radius 2 is 1.76 bits per heavy atom. The second-order valence-corrected chi connectivity index (χ2v) is 11.3. The number of carbonyl (C=O) groups is 1. The lowest BCUT2D eigenvalue weighted by molar-refractivity contribution is -0.155. The molecule has 1 aliphatic carbocycles. The van der Waals surface area contributed by atoms with Crippen molar-refractivity contribution in [1.29, 1.82) is 0 Å². The lowest BCUT2D eigenvalue weighted by Crippen LogP contribution is -2.48. The van der Waals surface area contributed by atoms with E-state index in [9.17, 15) is 13.2 Å². The Bertz CT molecular complexity index is 1480. The van der Waals surface area contributed by atoms with E-state index in [-0.39, 0.29) is 29.3 Å². The highest BCUT2D eigenvalue weighted by Gasteiger charge is 2.41. The fourth-order valence-corrected chi connectivity index (χ4v) is 5.95. The average molecular weight is 516 g/mol. The summed E-state index contributed by atoms with van der Waals surface area (Å²) in [5, 5.41) is 0.924. The Hall–Kier alpha value is -3.62. The molecule has 190 valence electrons. The number of esters is 1. The van der Waals surface area contributed by atoms with E-state index in [1.54, 1.807) is 30.5 Å². The highest BCUT2D eigenvalue weighted by atomic mass is 32.2. The van der Waals surface area contributed by atoms with Gasteiger partial charge in [-0.15, -0.1) is 0 Å². The number of rotatable bonds is 9. The number of aryl methyl sites for hydroxylation is 1. The van der Waals surface area contributed by atoms with Crippen molar-refractivity contribution in [2.24, 2.45) is 11.8 Å². The Kier molecular flexibility index (Phi) is 7.30. The fraction of sp³-hybridized carbons (Fsp3) is 0.276. The molecule has 8 heteroatoms. The fourth-order valence-electron chi connectivity index (χ4n) is 4.65. The first-order valence-corrected chi connectivity index (χ1v) is 13.9. The van der Waals surface area contributed by atoms with Crippen LogP contribution in [0.15, 0.2) is 90.0 Å². The normalized spacial score (nSPS) is 18.2. The number of hydrogen-bond acceptors (Lipinski definition) is 6. The van der Waals surface area contributed by atoms with Crippen LogP contribution in [0, 0.1) is 18.8 Å². The molecule has 1 aliphatic rings. The summed E-state index contributed by atoms with van der Waals surface area (Å²) >= 11 is 0. The molecule has 0 amide bonds. The van der Waals surface area contributed by atoms with E-state index in [4.69, 9.17) is 4.74 Å². The van der Waals surface area contributed by atoms with Crippen LogP contribution in [0.25, 0.3) is 11.0 Å². The average Bonchev–Trinajstić information content (AvgIpc) is 2.87. The van der Waals surface area contributed by atoms with Gasteiger partial charge in [-0.1, -0.05) is 48.0 Å². The molecule has 1 unspecified atom stereocenters. The summed E-state index contributed by atoms with van der Waals surface area (Å²) in [6, 6.07) is 23.6. The third-order valence-corrected chi connectivity index (χ3v) is 8.40. The SMILES string of the molecule is Cc1ccc(S(=O)(=O)NC(Cc2ccc3cccnc3n2)C2CC(C(=O)OCc3ccccc3)C2)cc1. The van der Waals surface area contributed by atoms with Gasteiger partial charge in [0.1, 0.15) is 6.61 Å². The van der Waals surface area contributed by atoms with E-state index in [1.165, 1.54) is 0 Å². The molecule has 1 atom stereocenters. The van der Waals surface area contributed by atoms with Crippen LogP contribution < -0.4 is 4.72 Å². The number of fused-ring (bicyclic) bond motifs is 1. The lowest BCUT2D eigenvalue weighted by atomic mass is 9.70. The number of pyridine rings is 2. The lowest BCUT2D eigenvalue weighted by Gasteiger charge is -2.39. The minimum atomic E-state index is -3.75. The van der Waals surface area contributed by atoms with E-state index in [0.29, 0.717) is 24.9 Å². The first-order chi connectivity index (χ1) is 17.9. The van der Waals surface area contributed by atoms with Crippen molar-refractivity contribution in [3.63, 3.8) is 0 Å². The number of hydrogen-bond donors (Lipinski definition) is 1. The number of sulfonamides is 1. The number of nitrogens with zero attached hydrogens (tertiary/aromatic N) is 2. The van der Waals surface area contributed by atoms with Gasteiger partial charge in [-0.2, -0.15) is 0 Å². The first-order valence-electron chi connectivity index (χ1n) is 12.4. The Labute approximate surface area is 217 Å². The van der Waals surface area contributed by atoms with Gasteiger partial charge in [0.2, 0.25) is 10.0 Å². The molecule has 0 spiro atoms. The Morgan fingerprint density at radius 3 is 2.51 bits per heavy atom. The number of benzene rings is 2. The van der Waals surface area contributed by atoms with Crippen LogP contribution >= 0.6 is 0 Å². The Balaban J connectivity index is 1.30. The van der Waals surface area contributed by atoms with Crippen LogP contribution in [-0.4, -0.2) is 30.4 Å². The van der Waals surface area contributed by atoms with E-state index >= 15 is 0 Å². The van der Waals surface area contributed by atoms with Gasteiger partial charge in [0.25, 0.3) is 0 Å². The molecule has 7 nitrogen and oxygen atoms in total. The smallest absolute Gasteiger partial charge is 0.309 e. The number of ether oxygens (including phenoxy) is 1. The molecule has 4 aromatic rings. The molecule has 1 saturated carbocycles. The standard InChI is InChI=1S/C29H29N3O4S/c1-20-9-13-26(14-10-20)37(34,35)32-27(18-25-12-11-22-8-5-15-30-28(22)31-25)23-16-24(17-23)29(33)36-19-21-6-3-2-4-7-21/h2-15,23-24,27,32H,16-19H2,1H3. The van der Waals surface area contributed by atoms with Gasteiger partial charge in [-0.05, 0) is 67.6 Å².